The van der Waals surface area contributed by atoms with Gasteiger partial charge in [-0.3, -0.25) is 0 Å². The Labute approximate surface area is 127 Å². The first-order valence-electron chi connectivity index (χ1n) is 7.82. The fourth-order valence-corrected chi connectivity index (χ4v) is 3.01. The number of anilines is 1. The van der Waals surface area contributed by atoms with Gasteiger partial charge in [0.15, 0.2) is 11.5 Å². The number of rotatable bonds is 6. The second-order valence-electron chi connectivity index (χ2n) is 5.65. The summed E-state index contributed by atoms with van der Waals surface area (Å²) in [6, 6.07) is 3.94. The van der Waals surface area contributed by atoms with Crippen LogP contribution in [-0.4, -0.2) is 27.9 Å². The van der Waals surface area contributed by atoms with Gasteiger partial charge in [-0.1, -0.05) is 25.7 Å². The van der Waals surface area contributed by atoms with Gasteiger partial charge in [0.2, 0.25) is 5.75 Å². The van der Waals surface area contributed by atoms with Gasteiger partial charge in [0, 0.05) is 24.4 Å². The van der Waals surface area contributed by atoms with Crippen molar-refractivity contribution in [1.29, 1.82) is 0 Å². The lowest BCUT2D eigenvalue weighted by atomic mass is 10.0. The fraction of sp³-hybridized carbons (Fsp3) is 0.647. The number of nitrogens with one attached hydrogen (secondary N) is 1. The van der Waals surface area contributed by atoms with Gasteiger partial charge < -0.3 is 19.5 Å². The highest BCUT2D eigenvalue weighted by atomic mass is 16.5. The highest BCUT2D eigenvalue weighted by molar-refractivity contribution is 5.62. The molecule has 0 heterocycles. The number of benzene rings is 1. The predicted molar refractivity (Wildman–Crippen MR) is 85.8 cm³/mol. The highest BCUT2D eigenvalue weighted by Gasteiger charge is 2.15. The van der Waals surface area contributed by atoms with Gasteiger partial charge in [-0.15, -0.1) is 0 Å². The van der Waals surface area contributed by atoms with E-state index < -0.39 is 0 Å². The standard InChI is InChI=1S/C17H27NO3/c1-19-15-10-14(11-16(20-2)17(15)21-3)18-12-13-8-6-4-5-7-9-13/h10-11,13,18H,4-9,12H2,1-3H3. The number of ether oxygens (including phenoxy) is 3. The Morgan fingerprint density at radius 1 is 0.905 bits per heavy atom. The number of hydrogen-bond donors (Lipinski definition) is 1. The first kappa shape index (κ1) is 15.8. The minimum atomic E-state index is 0.639. The van der Waals surface area contributed by atoms with E-state index in [0.29, 0.717) is 17.2 Å². The zero-order chi connectivity index (χ0) is 15.1. The maximum Gasteiger partial charge on any atom is 0.203 e. The van der Waals surface area contributed by atoms with Crippen LogP contribution in [0.15, 0.2) is 12.1 Å². The molecule has 0 amide bonds. The van der Waals surface area contributed by atoms with Crippen LogP contribution in [-0.2, 0) is 0 Å². The average molecular weight is 293 g/mol. The molecule has 0 spiro atoms. The van der Waals surface area contributed by atoms with Crippen LogP contribution in [0.5, 0.6) is 17.2 Å². The minimum absolute atomic E-state index is 0.639. The van der Waals surface area contributed by atoms with Crippen LogP contribution in [0, 0.1) is 5.92 Å². The summed E-state index contributed by atoms with van der Waals surface area (Å²) in [5, 5.41) is 3.53. The molecule has 1 aliphatic rings. The summed E-state index contributed by atoms with van der Waals surface area (Å²) in [7, 11) is 4.91. The zero-order valence-corrected chi connectivity index (χ0v) is 13.4. The van der Waals surface area contributed by atoms with Crippen LogP contribution in [0.4, 0.5) is 5.69 Å². The Hall–Kier alpha value is -1.58. The van der Waals surface area contributed by atoms with Crippen molar-refractivity contribution in [3.05, 3.63) is 12.1 Å². The van der Waals surface area contributed by atoms with E-state index in [1.165, 1.54) is 38.5 Å². The molecule has 0 aromatic heterocycles. The molecule has 2 rings (SSSR count). The Bertz CT molecular complexity index is 415. The van der Waals surface area contributed by atoms with E-state index in [2.05, 4.69) is 5.32 Å². The van der Waals surface area contributed by atoms with Crippen LogP contribution in [0.2, 0.25) is 0 Å². The van der Waals surface area contributed by atoms with E-state index in [1.54, 1.807) is 21.3 Å². The van der Waals surface area contributed by atoms with Crippen LogP contribution in [0.1, 0.15) is 38.5 Å². The first-order chi connectivity index (χ1) is 10.3. The van der Waals surface area contributed by atoms with Crippen LogP contribution in [0.3, 0.4) is 0 Å². The lowest BCUT2D eigenvalue weighted by Crippen LogP contribution is -2.13. The second-order valence-corrected chi connectivity index (χ2v) is 5.65. The molecule has 4 nitrogen and oxygen atoms in total. The Kier molecular flexibility index (Phi) is 6.03. The van der Waals surface area contributed by atoms with Gasteiger partial charge in [0.05, 0.1) is 21.3 Å². The van der Waals surface area contributed by atoms with Crippen LogP contribution < -0.4 is 19.5 Å². The summed E-state index contributed by atoms with van der Waals surface area (Å²) in [5.41, 5.74) is 1.02. The number of hydrogen-bond acceptors (Lipinski definition) is 4. The van der Waals surface area contributed by atoms with Crippen molar-refractivity contribution in [2.75, 3.05) is 33.2 Å². The molecule has 1 fully saturated rings. The summed E-state index contributed by atoms with van der Waals surface area (Å²) in [6.45, 7) is 1.01. The lowest BCUT2D eigenvalue weighted by Gasteiger charge is -2.18. The van der Waals surface area contributed by atoms with Crippen LogP contribution >= 0.6 is 0 Å². The summed E-state index contributed by atoms with van der Waals surface area (Å²) >= 11 is 0. The minimum Gasteiger partial charge on any atom is -0.493 e. The van der Waals surface area contributed by atoms with E-state index in [-0.39, 0.29) is 0 Å². The van der Waals surface area contributed by atoms with Gasteiger partial charge in [-0.05, 0) is 18.8 Å². The topological polar surface area (TPSA) is 39.7 Å². The van der Waals surface area contributed by atoms with E-state index in [0.717, 1.165) is 18.2 Å². The molecule has 0 aliphatic heterocycles. The van der Waals surface area contributed by atoms with Gasteiger partial charge in [-0.2, -0.15) is 0 Å². The molecule has 0 bridgehead atoms. The fourth-order valence-electron chi connectivity index (χ4n) is 3.01. The average Bonchev–Trinajstić information content (AvgIpc) is 2.80. The molecule has 1 aliphatic carbocycles. The van der Waals surface area contributed by atoms with E-state index in [9.17, 15) is 0 Å². The van der Waals surface area contributed by atoms with Crippen molar-refractivity contribution in [2.24, 2.45) is 5.92 Å². The van der Waals surface area contributed by atoms with Crippen molar-refractivity contribution < 1.29 is 14.2 Å². The second kappa shape index (κ2) is 8.01. The maximum atomic E-state index is 5.39. The molecule has 0 radical (unpaired) electrons. The Morgan fingerprint density at radius 2 is 1.48 bits per heavy atom. The van der Waals surface area contributed by atoms with E-state index in [1.807, 2.05) is 12.1 Å². The third-order valence-corrected chi connectivity index (χ3v) is 4.23. The van der Waals surface area contributed by atoms with Crippen molar-refractivity contribution in [3.8, 4) is 17.2 Å². The molecule has 0 saturated heterocycles. The molecular formula is C17H27NO3. The normalized spacial score (nSPS) is 16.1. The maximum absolute atomic E-state index is 5.39. The first-order valence-corrected chi connectivity index (χ1v) is 7.82. The largest absolute Gasteiger partial charge is 0.493 e. The van der Waals surface area contributed by atoms with E-state index in [4.69, 9.17) is 14.2 Å². The molecule has 4 heteroatoms. The smallest absolute Gasteiger partial charge is 0.203 e. The summed E-state index contributed by atoms with van der Waals surface area (Å²) in [4.78, 5) is 0. The third-order valence-electron chi connectivity index (χ3n) is 4.23. The monoisotopic (exact) mass is 293 g/mol. The van der Waals surface area contributed by atoms with Gasteiger partial charge in [0.25, 0.3) is 0 Å². The van der Waals surface area contributed by atoms with Crippen molar-refractivity contribution in [3.63, 3.8) is 0 Å². The molecule has 1 aromatic carbocycles. The molecular weight excluding hydrogens is 266 g/mol. The SMILES string of the molecule is COc1cc(NCC2CCCCCC2)cc(OC)c1OC. The molecule has 21 heavy (non-hydrogen) atoms. The molecule has 0 atom stereocenters. The quantitative estimate of drug-likeness (QED) is 0.802. The molecule has 0 unspecified atom stereocenters. The summed E-state index contributed by atoms with van der Waals surface area (Å²) < 4.78 is 16.1. The van der Waals surface area contributed by atoms with Gasteiger partial charge in [0.1, 0.15) is 0 Å². The summed E-state index contributed by atoms with van der Waals surface area (Å²) in [6.07, 6.45) is 8.17. The Balaban J connectivity index is 2.05. The van der Waals surface area contributed by atoms with Gasteiger partial charge in [-0.25, -0.2) is 0 Å². The Morgan fingerprint density at radius 3 is 1.95 bits per heavy atom. The van der Waals surface area contributed by atoms with Crippen molar-refractivity contribution >= 4 is 5.69 Å². The van der Waals surface area contributed by atoms with Crippen molar-refractivity contribution in [1.82, 2.24) is 0 Å². The molecule has 1 N–H and O–H groups in total. The van der Waals surface area contributed by atoms with Crippen LogP contribution in [0.25, 0.3) is 0 Å². The predicted octanol–water partition coefficient (Wildman–Crippen LogP) is 4.09. The third kappa shape index (κ3) is 4.19. The summed E-state index contributed by atoms with van der Waals surface area (Å²) in [5.74, 6) is 2.80. The highest BCUT2D eigenvalue weighted by Crippen LogP contribution is 2.40. The van der Waals surface area contributed by atoms with E-state index >= 15 is 0 Å². The zero-order valence-electron chi connectivity index (χ0n) is 13.4. The molecule has 118 valence electrons. The van der Waals surface area contributed by atoms with Gasteiger partial charge >= 0.3 is 0 Å². The lowest BCUT2D eigenvalue weighted by molar-refractivity contribution is 0.324. The molecule has 1 aromatic rings. The number of methoxy groups -OCH3 is 3. The molecule has 1 saturated carbocycles. The van der Waals surface area contributed by atoms with Crippen molar-refractivity contribution in [2.45, 2.75) is 38.5 Å².